The summed E-state index contributed by atoms with van der Waals surface area (Å²) >= 11 is 5.63. The van der Waals surface area contributed by atoms with Gasteiger partial charge in [-0.1, -0.05) is 6.07 Å². The first-order chi connectivity index (χ1) is 9.81. The molecule has 1 N–H and O–H groups in total. The molecule has 2 fully saturated rings. The van der Waals surface area contributed by atoms with Crippen LogP contribution in [0, 0.1) is 0 Å². The summed E-state index contributed by atoms with van der Waals surface area (Å²) in [6.45, 7) is 7.56. The number of benzene rings is 1. The Bertz CT molecular complexity index is 447. The lowest BCUT2D eigenvalue weighted by molar-refractivity contribution is 0.0455. The summed E-state index contributed by atoms with van der Waals surface area (Å²) < 4.78 is 6.46. The van der Waals surface area contributed by atoms with Gasteiger partial charge >= 0.3 is 0 Å². The van der Waals surface area contributed by atoms with Gasteiger partial charge in [-0.15, -0.1) is 11.8 Å². The lowest BCUT2D eigenvalue weighted by Gasteiger charge is -2.27. The van der Waals surface area contributed by atoms with E-state index in [9.17, 15) is 0 Å². The topological polar surface area (TPSA) is 24.5 Å². The Morgan fingerprint density at radius 2 is 2.10 bits per heavy atom. The van der Waals surface area contributed by atoms with Crippen LogP contribution in [0.2, 0.25) is 0 Å². The molecule has 110 valence electrons. The molecule has 0 atom stereocenters. The van der Waals surface area contributed by atoms with E-state index in [0.29, 0.717) is 5.25 Å². The highest BCUT2D eigenvalue weighted by Crippen LogP contribution is 2.34. The maximum absolute atomic E-state index is 5.23. The van der Waals surface area contributed by atoms with Gasteiger partial charge in [-0.05, 0) is 40.0 Å². The van der Waals surface area contributed by atoms with E-state index in [4.69, 9.17) is 4.74 Å². The maximum atomic E-state index is 5.23. The van der Waals surface area contributed by atoms with E-state index in [-0.39, 0.29) is 0 Å². The highest BCUT2D eigenvalue weighted by atomic mass is 79.9. The van der Waals surface area contributed by atoms with Crippen molar-refractivity contribution in [3.63, 3.8) is 0 Å². The fraction of sp³-hybridized carbons (Fsp3) is 0.600. The van der Waals surface area contributed by atoms with Crippen molar-refractivity contribution in [2.75, 3.05) is 45.9 Å². The number of hydrogen-bond donors (Lipinski definition) is 1. The number of ether oxygens (including phenoxy) is 1. The Kier molecular flexibility index (Phi) is 5.40. The summed E-state index contributed by atoms with van der Waals surface area (Å²) in [5, 5.41) is 4.03. The van der Waals surface area contributed by atoms with Gasteiger partial charge in [0.1, 0.15) is 0 Å². The van der Waals surface area contributed by atoms with Crippen LogP contribution in [0.5, 0.6) is 0 Å². The van der Waals surface area contributed by atoms with E-state index >= 15 is 0 Å². The number of hydrogen-bond acceptors (Lipinski definition) is 4. The van der Waals surface area contributed by atoms with Crippen molar-refractivity contribution >= 4 is 27.7 Å². The molecule has 2 heterocycles. The lowest BCUT2D eigenvalue weighted by atomic mass is 10.1. The Balaban J connectivity index is 1.52. The molecule has 1 aromatic rings. The highest BCUT2D eigenvalue weighted by molar-refractivity contribution is 9.10. The molecule has 1 aromatic carbocycles. The van der Waals surface area contributed by atoms with E-state index in [2.05, 4.69) is 44.3 Å². The highest BCUT2D eigenvalue weighted by Gasteiger charge is 2.20. The van der Waals surface area contributed by atoms with E-state index in [1.807, 2.05) is 11.8 Å². The molecule has 2 saturated heterocycles. The van der Waals surface area contributed by atoms with Crippen molar-refractivity contribution in [2.45, 2.75) is 16.6 Å². The molecule has 0 saturated carbocycles. The maximum Gasteiger partial charge on any atom is 0.0611 e. The van der Waals surface area contributed by atoms with Gasteiger partial charge in [0, 0.05) is 42.1 Å². The smallest absolute Gasteiger partial charge is 0.0611 e. The van der Waals surface area contributed by atoms with Crippen LogP contribution in [0.3, 0.4) is 0 Å². The molecule has 0 aromatic heterocycles. The molecule has 0 unspecified atom stereocenters. The minimum Gasteiger partial charge on any atom is -0.379 e. The zero-order chi connectivity index (χ0) is 13.8. The minimum absolute atomic E-state index is 0.637. The van der Waals surface area contributed by atoms with Gasteiger partial charge in [-0.2, -0.15) is 0 Å². The lowest BCUT2D eigenvalue weighted by Crippen LogP contribution is -2.44. The zero-order valence-corrected chi connectivity index (χ0v) is 14.0. The summed E-state index contributed by atoms with van der Waals surface area (Å²) in [6, 6.07) is 6.80. The number of halogens is 1. The van der Waals surface area contributed by atoms with Gasteiger partial charge < -0.3 is 15.0 Å². The van der Waals surface area contributed by atoms with Crippen LogP contribution in [-0.4, -0.2) is 56.1 Å². The van der Waals surface area contributed by atoms with Crippen molar-refractivity contribution in [2.24, 2.45) is 0 Å². The van der Waals surface area contributed by atoms with Crippen LogP contribution < -0.4 is 5.32 Å². The molecule has 3 nitrogen and oxygen atoms in total. The molecule has 2 aliphatic heterocycles. The molecule has 0 bridgehead atoms. The van der Waals surface area contributed by atoms with Crippen LogP contribution >= 0.6 is 27.7 Å². The molecule has 20 heavy (non-hydrogen) atoms. The number of nitrogens with one attached hydrogen (secondary N) is 1. The molecule has 5 heteroatoms. The molecule has 2 aliphatic rings. The Morgan fingerprint density at radius 1 is 1.30 bits per heavy atom. The van der Waals surface area contributed by atoms with E-state index < -0.39 is 0 Å². The molecule has 3 rings (SSSR count). The van der Waals surface area contributed by atoms with E-state index in [1.54, 1.807) is 0 Å². The quantitative estimate of drug-likeness (QED) is 0.875. The fourth-order valence-electron chi connectivity index (χ4n) is 2.48. The molecular formula is C15H21BrN2OS. The third-order valence-electron chi connectivity index (χ3n) is 3.82. The zero-order valence-electron chi connectivity index (χ0n) is 11.6. The monoisotopic (exact) mass is 356 g/mol. The standard InChI is InChI=1S/C15H21BrN2OS/c16-14-9-12(3-6-18-7-4-17-5-8-18)1-2-15(14)20-13-10-19-11-13/h1-2,9,13,17H,3-8,10-11H2. The molecule has 0 spiro atoms. The van der Waals surface area contributed by atoms with Crippen LogP contribution in [0.15, 0.2) is 27.6 Å². The number of nitrogens with zero attached hydrogens (tertiary/aromatic N) is 1. The SMILES string of the molecule is Brc1cc(CCN2CCNCC2)ccc1SC1COC1. The molecular weight excluding hydrogens is 336 g/mol. The Morgan fingerprint density at radius 3 is 2.75 bits per heavy atom. The van der Waals surface area contributed by atoms with E-state index in [0.717, 1.165) is 39.3 Å². The summed E-state index contributed by atoms with van der Waals surface area (Å²) in [7, 11) is 0. The summed E-state index contributed by atoms with van der Waals surface area (Å²) in [6.07, 6.45) is 1.14. The van der Waals surface area contributed by atoms with Crippen LogP contribution in [0.4, 0.5) is 0 Å². The average Bonchev–Trinajstić information content (AvgIpc) is 2.43. The molecule has 0 aliphatic carbocycles. The first kappa shape index (κ1) is 14.9. The second kappa shape index (κ2) is 7.27. The van der Waals surface area contributed by atoms with Gasteiger partial charge in [0.2, 0.25) is 0 Å². The molecule has 0 amide bonds. The van der Waals surface area contributed by atoms with Gasteiger partial charge in [0.15, 0.2) is 0 Å². The first-order valence-corrected chi connectivity index (χ1v) is 8.94. The number of thioether (sulfide) groups is 1. The normalized spacial score (nSPS) is 20.9. The fourth-order valence-corrected chi connectivity index (χ4v) is 4.19. The van der Waals surface area contributed by atoms with E-state index in [1.165, 1.54) is 28.0 Å². The Labute approximate surface area is 133 Å². The first-order valence-electron chi connectivity index (χ1n) is 7.27. The van der Waals surface area contributed by atoms with Crippen LogP contribution in [0.25, 0.3) is 0 Å². The van der Waals surface area contributed by atoms with Gasteiger partial charge in [0.05, 0.1) is 18.5 Å². The summed E-state index contributed by atoms with van der Waals surface area (Å²) in [5.41, 5.74) is 1.42. The summed E-state index contributed by atoms with van der Waals surface area (Å²) in [5.74, 6) is 0. The summed E-state index contributed by atoms with van der Waals surface area (Å²) in [4.78, 5) is 3.88. The largest absolute Gasteiger partial charge is 0.379 e. The predicted molar refractivity (Wildman–Crippen MR) is 87.6 cm³/mol. The second-order valence-corrected chi connectivity index (χ2v) is 7.58. The third-order valence-corrected chi connectivity index (χ3v) is 5.96. The van der Waals surface area contributed by atoms with Crippen LogP contribution in [0.1, 0.15) is 5.56 Å². The second-order valence-electron chi connectivity index (χ2n) is 5.38. The average molecular weight is 357 g/mol. The van der Waals surface area contributed by atoms with Crippen molar-refractivity contribution in [1.82, 2.24) is 10.2 Å². The van der Waals surface area contributed by atoms with Crippen molar-refractivity contribution < 1.29 is 4.74 Å². The van der Waals surface area contributed by atoms with Gasteiger partial charge in [0.25, 0.3) is 0 Å². The van der Waals surface area contributed by atoms with Gasteiger partial charge in [-0.25, -0.2) is 0 Å². The van der Waals surface area contributed by atoms with Crippen molar-refractivity contribution in [3.8, 4) is 0 Å². The van der Waals surface area contributed by atoms with Crippen molar-refractivity contribution in [1.29, 1.82) is 0 Å². The molecule has 0 radical (unpaired) electrons. The predicted octanol–water partition coefficient (Wildman–Crippen LogP) is 2.39. The van der Waals surface area contributed by atoms with Crippen molar-refractivity contribution in [3.05, 3.63) is 28.2 Å². The number of piperazine rings is 1. The Hall–Kier alpha value is -0.0700. The van der Waals surface area contributed by atoms with Gasteiger partial charge in [-0.3, -0.25) is 0 Å². The number of rotatable bonds is 5. The van der Waals surface area contributed by atoms with Crippen LogP contribution in [-0.2, 0) is 11.2 Å². The minimum atomic E-state index is 0.637. The third kappa shape index (κ3) is 3.98.